The van der Waals surface area contributed by atoms with E-state index in [1.807, 2.05) is 0 Å². The Hall–Kier alpha value is -6.79. The molecule has 1 aromatic rings. The van der Waals surface area contributed by atoms with Crippen LogP contribution in [0.1, 0.15) is 83.2 Å². The number of unbranched alkanes of at least 4 members (excludes halogenated alkanes) is 2. The number of rotatable bonds is 34. The summed E-state index contributed by atoms with van der Waals surface area (Å²) < 4.78 is 1.62. The van der Waals surface area contributed by atoms with Crippen LogP contribution < -0.4 is 77.4 Å². The molecule has 29 nitrogen and oxygen atoms in total. The zero-order valence-corrected chi connectivity index (χ0v) is 41.7. The lowest BCUT2D eigenvalue weighted by atomic mass is 10.1. The normalized spacial score (nSPS) is 16.3. The van der Waals surface area contributed by atoms with E-state index < -0.39 is 120 Å². The van der Waals surface area contributed by atoms with Crippen LogP contribution in [0, 0.1) is 0 Å². The van der Waals surface area contributed by atoms with Gasteiger partial charge in [-0.3, -0.25) is 43.3 Å². The van der Waals surface area contributed by atoms with Crippen LogP contribution in [-0.2, 0) is 56.6 Å². The molecule has 29 heteroatoms. The molecule has 73 heavy (non-hydrogen) atoms. The second-order valence-corrected chi connectivity index (χ2v) is 17.5. The first-order valence-corrected chi connectivity index (χ1v) is 24.3. The maximum absolute atomic E-state index is 14.2. The highest BCUT2D eigenvalue weighted by Gasteiger charge is 2.40. The van der Waals surface area contributed by atoms with Crippen LogP contribution >= 0.6 is 0 Å². The molecule has 1 aliphatic heterocycles. The van der Waals surface area contributed by atoms with E-state index in [1.165, 1.54) is 24.2 Å². The first kappa shape index (κ1) is 62.3. The lowest BCUT2D eigenvalue weighted by molar-refractivity contribution is -0.142. The van der Waals surface area contributed by atoms with Crippen molar-refractivity contribution < 1.29 is 53.4 Å². The molecular formula is C44H78N18O11. The van der Waals surface area contributed by atoms with Crippen LogP contribution in [0.2, 0.25) is 0 Å². The largest absolute Gasteiger partial charge is 0.477 e. The minimum atomic E-state index is -1.56. The van der Waals surface area contributed by atoms with E-state index in [9.17, 15) is 53.4 Å². The molecule has 0 bridgehead atoms. The van der Waals surface area contributed by atoms with Gasteiger partial charge in [-0.15, -0.1) is 0 Å². The molecule has 1 aliphatic rings. The van der Waals surface area contributed by atoms with Crippen LogP contribution in [0.25, 0.3) is 0 Å². The minimum Gasteiger partial charge on any atom is -0.477 e. The van der Waals surface area contributed by atoms with E-state index in [2.05, 4.69) is 47.2 Å². The van der Waals surface area contributed by atoms with Gasteiger partial charge in [-0.1, -0.05) is 12.5 Å². The molecule has 0 aliphatic carbocycles. The zero-order chi connectivity index (χ0) is 54.6. The number of aliphatic carboxylic acids is 1. The van der Waals surface area contributed by atoms with Gasteiger partial charge < -0.3 is 97.0 Å². The van der Waals surface area contributed by atoms with E-state index in [0.717, 1.165) is 0 Å². The fourth-order valence-electron chi connectivity index (χ4n) is 7.50. The van der Waals surface area contributed by atoms with Crippen LogP contribution in [0.3, 0.4) is 0 Å². The van der Waals surface area contributed by atoms with Crippen molar-refractivity contribution in [3.8, 4) is 0 Å². The van der Waals surface area contributed by atoms with Crippen molar-refractivity contribution in [2.75, 3.05) is 45.8 Å². The van der Waals surface area contributed by atoms with Crippen molar-refractivity contribution in [2.45, 2.75) is 132 Å². The zero-order valence-electron chi connectivity index (χ0n) is 41.7. The van der Waals surface area contributed by atoms with Crippen LogP contribution in [-0.4, -0.2) is 178 Å². The van der Waals surface area contributed by atoms with Crippen LogP contribution in [0.4, 0.5) is 0 Å². The van der Waals surface area contributed by atoms with E-state index >= 15 is 0 Å². The number of aliphatic hydroxyl groups excluding tert-OH is 1. The Bertz CT molecular complexity index is 2070. The highest BCUT2D eigenvalue weighted by atomic mass is 16.4. The number of amides is 8. The molecule has 0 aromatic carbocycles. The van der Waals surface area contributed by atoms with E-state index in [0.29, 0.717) is 44.3 Å². The molecule has 410 valence electrons. The number of aliphatic imine (C=N–C) groups is 1. The maximum Gasteiger partial charge on any atom is 0.352 e. The second-order valence-electron chi connectivity index (χ2n) is 17.5. The van der Waals surface area contributed by atoms with Crippen molar-refractivity contribution in [3.05, 3.63) is 30.0 Å². The number of carboxylic acids is 1. The summed E-state index contributed by atoms with van der Waals surface area (Å²) in [6.07, 6.45) is 5.90. The Morgan fingerprint density at radius 1 is 0.808 bits per heavy atom. The number of nitrogens with two attached hydrogens (primary N) is 7. The monoisotopic (exact) mass is 1030 g/mol. The highest BCUT2D eigenvalue weighted by Crippen LogP contribution is 2.20. The Kier molecular flexibility index (Phi) is 28.2. The maximum atomic E-state index is 14.2. The SMILES string of the molecule is C[C@H](NC(=O)[C@@H](NC(=O)[C@@H](N)CCCCN)C(O)CN)C(=O)NCC(=O)N[C@H](CCCN)C(=O)N1CCC[C@H]1C(=O)N[C@@H](Cc1cn(C)cn1)C(=O)N[C@@H](CCCCN)C(=O)N/C(=C\CCN=C(N)N)C(=O)O. The number of aliphatic hydroxyl groups is 1. The quantitative estimate of drug-likeness (QED) is 0.0132. The number of carbonyl (C=O) groups is 9. The lowest BCUT2D eigenvalue weighted by Gasteiger charge is -2.30. The summed E-state index contributed by atoms with van der Waals surface area (Å²) in [7, 11) is 1.70. The van der Waals surface area contributed by atoms with Gasteiger partial charge in [-0.2, -0.15) is 0 Å². The molecule has 0 saturated carbocycles. The fourth-order valence-corrected chi connectivity index (χ4v) is 7.50. The first-order chi connectivity index (χ1) is 34.7. The van der Waals surface area contributed by atoms with E-state index in [-0.39, 0.29) is 77.1 Å². The molecule has 8 atom stereocenters. The number of hydrogen-bond donors (Lipinski definition) is 16. The van der Waals surface area contributed by atoms with Gasteiger partial charge in [0.05, 0.1) is 30.7 Å². The van der Waals surface area contributed by atoms with Crippen molar-refractivity contribution >= 4 is 59.2 Å². The van der Waals surface area contributed by atoms with Gasteiger partial charge in [0.15, 0.2) is 5.96 Å². The van der Waals surface area contributed by atoms with Crippen molar-refractivity contribution in [2.24, 2.45) is 52.2 Å². The fraction of sp³-hybridized carbons (Fsp3) is 0.659. The summed E-state index contributed by atoms with van der Waals surface area (Å²) in [5.74, 6) is -7.99. The second kappa shape index (κ2) is 33.0. The topological polar surface area (TPSA) is 494 Å². The lowest BCUT2D eigenvalue weighted by Crippen LogP contribution is -2.60. The molecule has 1 fully saturated rings. The number of imidazole rings is 1. The molecule has 0 spiro atoms. The van der Waals surface area contributed by atoms with Gasteiger partial charge in [-0.25, -0.2) is 9.78 Å². The molecule has 2 rings (SSSR count). The number of carbonyl (C=O) groups excluding carboxylic acids is 8. The first-order valence-electron chi connectivity index (χ1n) is 24.3. The summed E-state index contributed by atoms with van der Waals surface area (Å²) >= 11 is 0. The van der Waals surface area contributed by atoms with E-state index in [1.54, 1.807) is 17.8 Å². The summed E-state index contributed by atoms with van der Waals surface area (Å²) in [5.41, 5.74) is 39.0. The molecule has 1 saturated heterocycles. The third-order valence-electron chi connectivity index (χ3n) is 11.5. The van der Waals surface area contributed by atoms with Gasteiger partial charge in [-0.05, 0) is 90.8 Å². The molecule has 2 heterocycles. The number of carboxylic acid groups (broad SMARTS) is 1. The Morgan fingerprint density at radius 3 is 2.07 bits per heavy atom. The van der Waals surface area contributed by atoms with Crippen LogP contribution in [0.15, 0.2) is 29.3 Å². The van der Waals surface area contributed by atoms with Gasteiger partial charge in [0.2, 0.25) is 47.3 Å². The van der Waals surface area contributed by atoms with Crippen molar-refractivity contribution in [3.63, 3.8) is 0 Å². The number of nitrogens with zero attached hydrogens (tertiary/aromatic N) is 4. The predicted octanol–water partition coefficient (Wildman–Crippen LogP) is -7.09. The summed E-state index contributed by atoms with van der Waals surface area (Å²) in [5, 5.41) is 37.6. The summed E-state index contributed by atoms with van der Waals surface area (Å²) in [6.45, 7) is 1.19. The average molecular weight is 1040 g/mol. The number of hydrogen-bond acceptors (Lipinski definition) is 17. The standard InChI is InChI=1S/C44H78N18O11/c1-25(55-41(70)35(33(63)21-48)60-37(66)27(49)10-3-5-15-45)36(65)53-22-34(64)56-29(12-7-17-47)42(71)62-19-9-14-32(62)40(69)59-31(20-26-23-61(2)24-54-26)39(68)57-28(11-4-6-16-46)38(67)58-30(43(72)73)13-8-18-52-44(50)51/h13,23-25,27-29,31-33,35,63H,3-12,14-22,45-49H2,1-2H3,(H,53,65)(H,55,70)(H,56,64)(H,57,68)(H,58,67)(H,59,69)(H,60,66)(H,72,73)(H4,50,51,52)/b30-13-/t25-,27-,28-,29+,31-,32-,33?,35-/m0/s1. The Labute approximate surface area is 423 Å². The van der Waals surface area contributed by atoms with Gasteiger partial charge >= 0.3 is 5.97 Å². The van der Waals surface area contributed by atoms with Crippen LogP contribution in [0.5, 0.6) is 0 Å². The van der Waals surface area contributed by atoms with Crippen molar-refractivity contribution in [1.29, 1.82) is 0 Å². The molecule has 0 radical (unpaired) electrons. The summed E-state index contributed by atoms with van der Waals surface area (Å²) in [4.78, 5) is 129. The third kappa shape index (κ3) is 22.3. The third-order valence-corrected chi connectivity index (χ3v) is 11.5. The summed E-state index contributed by atoms with van der Waals surface area (Å²) in [6, 6.07) is -8.81. The van der Waals surface area contributed by atoms with Gasteiger partial charge in [0.1, 0.15) is 41.9 Å². The molecule has 1 aromatic heterocycles. The minimum absolute atomic E-state index is 0.0424. The number of likely N-dealkylation sites (tertiary alicyclic amines) is 1. The number of aromatic nitrogens is 2. The Balaban J connectivity index is 2.22. The molecular weight excluding hydrogens is 957 g/mol. The van der Waals surface area contributed by atoms with E-state index in [4.69, 9.17) is 40.1 Å². The van der Waals surface area contributed by atoms with Gasteiger partial charge in [0.25, 0.3) is 0 Å². The molecule has 23 N–H and O–H groups in total. The molecule has 1 unspecified atom stereocenters. The smallest absolute Gasteiger partial charge is 0.352 e. The average Bonchev–Trinajstić information content (AvgIpc) is 4.02. The number of nitrogens with one attached hydrogen (secondary N) is 7. The number of aryl methyl sites for hydroxylation is 1. The van der Waals surface area contributed by atoms with Gasteiger partial charge in [0, 0.05) is 39.3 Å². The molecule has 8 amide bonds. The number of guanidine groups is 1. The van der Waals surface area contributed by atoms with Crippen molar-refractivity contribution in [1.82, 2.24) is 51.7 Å². The highest BCUT2D eigenvalue weighted by molar-refractivity contribution is 5.99. The Morgan fingerprint density at radius 2 is 1.47 bits per heavy atom. The predicted molar refractivity (Wildman–Crippen MR) is 266 cm³/mol.